The number of rotatable bonds is 7. The van der Waals surface area contributed by atoms with Crippen LogP contribution in [-0.4, -0.2) is 24.1 Å². The van der Waals surface area contributed by atoms with Gasteiger partial charge in [-0.15, -0.1) is 0 Å². The van der Waals surface area contributed by atoms with Gasteiger partial charge in [0.05, 0.1) is 12.0 Å². The molecular formula is C18H16F5N3O2S2. The average molecular weight is 465 g/mol. The van der Waals surface area contributed by atoms with Crippen LogP contribution in [0.1, 0.15) is 0 Å². The van der Waals surface area contributed by atoms with E-state index >= 15 is 0 Å². The fourth-order valence-electron chi connectivity index (χ4n) is 2.49. The maximum absolute atomic E-state index is 12.9. The SMILES string of the molecule is CNSc1cc(-c2nccnc2Oc2ccc(S(F)(F)(F)(F)F)cc2)ccc1OC. The number of hydrogen-bond donors (Lipinski definition) is 1. The lowest BCUT2D eigenvalue weighted by Gasteiger charge is -2.40. The quantitative estimate of drug-likeness (QED) is 0.305. The zero-order valence-corrected chi connectivity index (χ0v) is 17.2. The molecule has 0 fully saturated rings. The van der Waals surface area contributed by atoms with Crippen molar-refractivity contribution in [3.63, 3.8) is 0 Å². The van der Waals surface area contributed by atoms with E-state index in [1.807, 2.05) is 0 Å². The summed E-state index contributed by atoms with van der Waals surface area (Å²) >= 11 is 1.31. The van der Waals surface area contributed by atoms with Crippen LogP contribution in [0.15, 0.2) is 64.6 Å². The lowest BCUT2D eigenvalue weighted by Crippen LogP contribution is -2.05. The van der Waals surface area contributed by atoms with Crippen molar-refractivity contribution in [3.05, 3.63) is 54.9 Å². The van der Waals surface area contributed by atoms with Gasteiger partial charge >= 0.3 is 10.2 Å². The van der Waals surface area contributed by atoms with Crippen molar-refractivity contribution in [2.24, 2.45) is 0 Å². The first-order valence-corrected chi connectivity index (χ1v) is 11.0. The van der Waals surface area contributed by atoms with E-state index in [-0.39, 0.29) is 23.8 Å². The fraction of sp³-hybridized carbons (Fsp3) is 0.111. The normalized spacial score (nSPS) is 14.0. The van der Waals surface area contributed by atoms with Gasteiger partial charge in [-0.05, 0) is 61.5 Å². The van der Waals surface area contributed by atoms with E-state index in [1.165, 1.54) is 31.5 Å². The summed E-state index contributed by atoms with van der Waals surface area (Å²) in [5.74, 6) is 0.528. The monoisotopic (exact) mass is 465 g/mol. The summed E-state index contributed by atoms with van der Waals surface area (Å²) in [6.45, 7) is 0. The lowest BCUT2D eigenvalue weighted by atomic mass is 10.1. The number of aromatic nitrogens is 2. The highest BCUT2D eigenvalue weighted by molar-refractivity contribution is 8.45. The van der Waals surface area contributed by atoms with Crippen LogP contribution in [0, 0.1) is 0 Å². The Labute approximate surface area is 173 Å². The minimum Gasteiger partial charge on any atom is -0.496 e. The molecule has 0 amide bonds. The molecule has 1 N–H and O–H groups in total. The second kappa shape index (κ2) is 7.29. The predicted molar refractivity (Wildman–Crippen MR) is 107 cm³/mol. The molecule has 0 radical (unpaired) electrons. The highest BCUT2D eigenvalue weighted by atomic mass is 32.5. The Morgan fingerprint density at radius 1 is 0.933 bits per heavy atom. The van der Waals surface area contributed by atoms with E-state index in [0.717, 1.165) is 17.0 Å². The van der Waals surface area contributed by atoms with Gasteiger partial charge < -0.3 is 9.47 Å². The van der Waals surface area contributed by atoms with Crippen LogP contribution in [0.25, 0.3) is 11.3 Å². The van der Waals surface area contributed by atoms with Crippen LogP contribution in [0.5, 0.6) is 17.4 Å². The number of halogens is 5. The molecule has 12 heteroatoms. The maximum Gasteiger partial charge on any atom is 0.310 e. The fourth-order valence-corrected chi connectivity index (χ4v) is 3.80. The van der Waals surface area contributed by atoms with Gasteiger partial charge in [0.25, 0.3) is 0 Å². The zero-order chi connectivity index (χ0) is 22.1. The average Bonchev–Trinajstić information content (AvgIpc) is 2.67. The standard InChI is InChI=1S/C18H16F5N3O2S2/c1-24-29-16-11-12(3-8-15(16)27-2)17-18(26-10-9-25-17)28-13-4-6-14(7-5-13)30(19,20,21,22)23/h3-11,24H,1-2H3. The van der Waals surface area contributed by atoms with Crippen molar-refractivity contribution in [2.75, 3.05) is 14.2 Å². The summed E-state index contributed by atoms with van der Waals surface area (Å²) in [6, 6.07) is 7.38. The predicted octanol–water partition coefficient (Wildman–Crippen LogP) is 6.83. The molecule has 3 aromatic rings. The Hall–Kier alpha value is -2.57. The maximum atomic E-state index is 12.9. The molecular weight excluding hydrogens is 449 g/mol. The van der Waals surface area contributed by atoms with Gasteiger partial charge in [0.15, 0.2) is 0 Å². The third-order valence-electron chi connectivity index (χ3n) is 3.80. The van der Waals surface area contributed by atoms with E-state index in [9.17, 15) is 19.4 Å². The van der Waals surface area contributed by atoms with Crippen LogP contribution in [-0.2, 0) is 0 Å². The Kier molecular flexibility index (Phi) is 5.37. The lowest BCUT2D eigenvalue weighted by molar-refractivity contribution is 0.363. The summed E-state index contributed by atoms with van der Waals surface area (Å²) < 4.78 is 78.1. The van der Waals surface area contributed by atoms with Gasteiger partial charge in [0.1, 0.15) is 22.1 Å². The van der Waals surface area contributed by atoms with Crippen molar-refractivity contribution in [2.45, 2.75) is 9.79 Å². The number of methoxy groups -OCH3 is 1. The van der Waals surface area contributed by atoms with E-state index < -0.39 is 15.1 Å². The topological polar surface area (TPSA) is 56.3 Å². The van der Waals surface area contributed by atoms with Gasteiger partial charge in [-0.1, -0.05) is 19.4 Å². The molecule has 0 bridgehead atoms. The molecule has 0 aliphatic carbocycles. The summed E-state index contributed by atoms with van der Waals surface area (Å²) in [4.78, 5) is 7.06. The highest BCUT2D eigenvalue weighted by Crippen LogP contribution is 3.02. The number of hydrogen-bond acceptors (Lipinski definition) is 6. The number of nitrogens with one attached hydrogen (secondary N) is 1. The molecule has 30 heavy (non-hydrogen) atoms. The molecule has 5 nitrogen and oxygen atoms in total. The molecule has 1 aromatic heterocycles. The molecule has 0 aliphatic heterocycles. The Morgan fingerprint density at radius 2 is 1.60 bits per heavy atom. The second-order valence-electron chi connectivity index (χ2n) is 5.92. The molecule has 2 aromatic carbocycles. The minimum atomic E-state index is -9.75. The highest BCUT2D eigenvalue weighted by Gasteiger charge is 2.65. The molecule has 162 valence electrons. The van der Waals surface area contributed by atoms with Gasteiger partial charge in [0, 0.05) is 18.0 Å². The Morgan fingerprint density at radius 3 is 2.20 bits per heavy atom. The Balaban J connectivity index is 1.95. The third kappa shape index (κ3) is 5.12. The molecule has 0 aliphatic rings. The molecule has 3 rings (SSSR count). The first-order valence-electron chi connectivity index (χ1n) is 8.26. The smallest absolute Gasteiger partial charge is 0.310 e. The first-order chi connectivity index (χ1) is 13.9. The van der Waals surface area contributed by atoms with E-state index in [2.05, 4.69) is 14.7 Å². The van der Waals surface area contributed by atoms with Crippen LogP contribution < -0.4 is 14.2 Å². The summed E-state index contributed by atoms with van der Waals surface area (Å²) in [5, 5.41) is 0. The van der Waals surface area contributed by atoms with E-state index in [0.29, 0.717) is 17.0 Å². The van der Waals surface area contributed by atoms with Crippen molar-refractivity contribution in [3.8, 4) is 28.6 Å². The minimum absolute atomic E-state index is 0.00293. The van der Waals surface area contributed by atoms with E-state index in [1.54, 1.807) is 25.2 Å². The molecule has 0 spiro atoms. The van der Waals surface area contributed by atoms with Gasteiger partial charge in [-0.25, -0.2) is 9.97 Å². The van der Waals surface area contributed by atoms with Gasteiger partial charge in [-0.2, -0.15) is 0 Å². The molecule has 0 unspecified atom stereocenters. The number of nitrogens with zero attached hydrogens (tertiary/aromatic N) is 2. The Bertz CT molecular complexity index is 1060. The van der Waals surface area contributed by atoms with Crippen molar-refractivity contribution in [1.82, 2.24) is 14.7 Å². The number of ether oxygens (including phenoxy) is 2. The van der Waals surface area contributed by atoms with Gasteiger partial charge in [0.2, 0.25) is 5.88 Å². The van der Waals surface area contributed by atoms with E-state index in [4.69, 9.17) is 9.47 Å². The van der Waals surface area contributed by atoms with Crippen molar-refractivity contribution < 1.29 is 28.9 Å². The van der Waals surface area contributed by atoms with Crippen LogP contribution in [0.2, 0.25) is 0 Å². The molecule has 0 atom stereocenters. The zero-order valence-electron chi connectivity index (χ0n) is 15.6. The molecule has 0 saturated carbocycles. The third-order valence-corrected chi connectivity index (χ3v) is 5.70. The second-order valence-corrected chi connectivity index (χ2v) is 9.39. The molecule has 1 heterocycles. The summed E-state index contributed by atoms with van der Waals surface area (Å²) in [6.07, 6.45) is 2.77. The summed E-state index contributed by atoms with van der Waals surface area (Å²) in [7, 11) is -6.48. The van der Waals surface area contributed by atoms with Crippen molar-refractivity contribution in [1.29, 1.82) is 0 Å². The number of benzene rings is 2. The largest absolute Gasteiger partial charge is 0.496 e. The summed E-state index contributed by atoms with van der Waals surface area (Å²) in [5.41, 5.74) is 0.926. The van der Waals surface area contributed by atoms with Crippen LogP contribution in [0.4, 0.5) is 19.4 Å². The van der Waals surface area contributed by atoms with Crippen LogP contribution in [0.3, 0.4) is 0 Å². The van der Waals surface area contributed by atoms with Gasteiger partial charge in [-0.3, -0.25) is 4.72 Å². The van der Waals surface area contributed by atoms with Crippen LogP contribution >= 0.6 is 22.2 Å². The molecule has 0 saturated heterocycles. The van der Waals surface area contributed by atoms with Crippen molar-refractivity contribution >= 4 is 22.2 Å². The first kappa shape index (κ1) is 22.1.